The van der Waals surface area contributed by atoms with Gasteiger partial charge in [0.05, 0.1) is 13.2 Å². The number of nitrogens with one attached hydrogen (secondary N) is 2. The minimum Gasteiger partial charge on any atom is -0.488 e. The van der Waals surface area contributed by atoms with E-state index in [1.165, 1.54) is 5.56 Å². The first kappa shape index (κ1) is 22.5. The summed E-state index contributed by atoms with van der Waals surface area (Å²) in [6, 6.07) is 6.34. The maximum atomic E-state index is 6.15. The van der Waals surface area contributed by atoms with Crippen molar-refractivity contribution in [2.75, 3.05) is 46.4 Å². The molecule has 1 atom stereocenters. The highest BCUT2D eigenvalue weighted by molar-refractivity contribution is 5.79. The molecule has 6 nitrogen and oxygen atoms in total. The standard InChI is InChI=1S/C22H38N4O2/c1-17-7-8-19(20(13-17)28-22(3,4)5)15-25-21(23-6)24-14-18(2)16-26-9-11-27-12-10-26/h7-8,13,18H,9-12,14-16H2,1-6H3,(H2,23,24,25). The van der Waals surface area contributed by atoms with E-state index in [9.17, 15) is 0 Å². The van der Waals surface area contributed by atoms with Crippen molar-refractivity contribution in [1.82, 2.24) is 15.5 Å². The predicted octanol–water partition coefficient (Wildman–Crippen LogP) is 2.81. The molecule has 1 aliphatic heterocycles. The van der Waals surface area contributed by atoms with E-state index in [0.29, 0.717) is 12.5 Å². The molecule has 1 fully saturated rings. The highest BCUT2D eigenvalue weighted by Gasteiger charge is 2.16. The summed E-state index contributed by atoms with van der Waals surface area (Å²) in [4.78, 5) is 6.83. The number of guanidine groups is 1. The molecule has 28 heavy (non-hydrogen) atoms. The number of aryl methyl sites for hydroxylation is 1. The quantitative estimate of drug-likeness (QED) is 0.554. The van der Waals surface area contributed by atoms with Gasteiger partial charge in [-0.1, -0.05) is 19.1 Å². The third-order valence-electron chi connectivity index (χ3n) is 4.60. The SMILES string of the molecule is CN=C(NCc1ccc(C)cc1OC(C)(C)C)NCC(C)CN1CCOCC1. The zero-order valence-corrected chi connectivity index (χ0v) is 18.5. The summed E-state index contributed by atoms with van der Waals surface area (Å²) in [7, 11) is 1.81. The van der Waals surface area contributed by atoms with Gasteiger partial charge in [0.2, 0.25) is 0 Å². The fourth-order valence-corrected chi connectivity index (χ4v) is 3.19. The number of aliphatic imine (C=N–C) groups is 1. The number of ether oxygens (including phenoxy) is 2. The summed E-state index contributed by atoms with van der Waals surface area (Å²) in [5, 5.41) is 6.86. The third kappa shape index (κ3) is 8.07. The van der Waals surface area contributed by atoms with E-state index < -0.39 is 0 Å². The van der Waals surface area contributed by atoms with E-state index in [-0.39, 0.29) is 5.60 Å². The molecular weight excluding hydrogens is 352 g/mol. The van der Waals surface area contributed by atoms with Crippen LogP contribution >= 0.6 is 0 Å². The Morgan fingerprint density at radius 1 is 1.25 bits per heavy atom. The van der Waals surface area contributed by atoms with Gasteiger partial charge in [0.15, 0.2) is 5.96 Å². The lowest BCUT2D eigenvalue weighted by Crippen LogP contribution is -2.43. The van der Waals surface area contributed by atoms with Crippen molar-refractivity contribution in [2.45, 2.75) is 46.8 Å². The number of rotatable bonds is 7. The summed E-state index contributed by atoms with van der Waals surface area (Å²) in [5.74, 6) is 2.28. The average Bonchev–Trinajstić information content (AvgIpc) is 2.63. The number of hydrogen-bond acceptors (Lipinski definition) is 4. The fraction of sp³-hybridized carbons (Fsp3) is 0.682. The molecule has 1 aromatic rings. The van der Waals surface area contributed by atoms with Crippen LogP contribution in [0.4, 0.5) is 0 Å². The second kappa shape index (κ2) is 10.7. The zero-order valence-electron chi connectivity index (χ0n) is 18.5. The number of benzene rings is 1. The Morgan fingerprint density at radius 3 is 2.61 bits per heavy atom. The lowest BCUT2D eigenvalue weighted by molar-refractivity contribution is 0.0320. The summed E-state index contributed by atoms with van der Waals surface area (Å²) < 4.78 is 11.6. The van der Waals surface area contributed by atoms with Crippen molar-refractivity contribution in [2.24, 2.45) is 10.9 Å². The molecule has 0 aliphatic carbocycles. The molecule has 1 saturated heterocycles. The first-order chi connectivity index (χ1) is 13.3. The maximum absolute atomic E-state index is 6.15. The molecule has 1 aromatic carbocycles. The molecule has 2 rings (SSSR count). The van der Waals surface area contributed by atoms with Gasteiger partial charge in [-0.2, -0.15) is 0 Å². The third-order valence-corrected chi connectivity index (χ3v) is 4.60. The van der Waals surface area contributed by atoms with Crippen LogP contribution in [0.5, 0.6) is 5.75 Å². The van der Waals surface area contributed by atoms with Crippen LogP contribution in [0.2, 0.25) is 0 Å². The maximum Gasteiger partial charge on any atom is 0.191 e. The van der Waals surface area contributed by atoms with Crippen molar-refractivity contribution < 1.29 is 9.47 Å². The molecule has 0 aromatic heterocycles. The Hall–Kier alpha value is -1.79. The molecule has 158 valence electrons. The molecule has 0 saturated carbocycles. The van der Waals surface area contributed by atoms with Crippen LogP contribution in [-0.4, -0.2) is 62.9 Å². The van der Waals surface area contributed by atoms with Gasteiger partial charge in [-0.15, -0.1) is 0 Å². The molecule has 0 radical (unpaired) electrons. The van der Waals surface area contributed by atoms with Crippen LogP contribution in [-0.2, 0) is 11.3 Å². The Kier molecular flexibility index (Phi) is 8.58. The lowest BCUT2D eigenvalue weighted by atomic mass is 10.1. The van der Waals surface area contributed by atoms with Crippen molar-refractivity contribution in [3.63, 3.8) is 0 Å². The molecule has 0 bridgehead atoms. The first-order valence-corrected chi connectivity index (χ1v) is 10.3. The Labute approximate surface area is 170 Å². The topological polar surface area (TPSA) is 58.1 Å². The molecule has 1 aliphatic rings. The smallest absolute Gasteiger partial charge is 0.191 e. The molecular formula is C22H38N4O2. The van der Waals surface area contributed by atoms with Crippen molar-refractivity contribution in [3.8, 4) is 5.75 Å². The van der Waals surface area contributed by atoms with Crippen LogP contribution in [0, 0.1) is 12.8 Å². The minimum atomic E-state index is -0.225. The van der Waals surface area contributed by atoms with Gasteiger partial charge in [-0.25, -0.2) is 0 Å². The van der Waals surface area contributed by atoms with Gasteiger partial charge in [0.1, 0.15) is 11.4 Å². The molecule has 0 spiro atoms. The van der Waals surface area contributed by atoms with Crippen LogP contribution in [0.15, 0.2) is 23.2 Å². The van der Waals surface area contributed by atoms with Gasteiger partial charge in [-0.3, -0.25) is 9.89 Å². The highest BCUT2D eigenvalue weighted by atomic mass is 16.5. The average molecular weight is 391 g/mol. The molecule has 2 N–H and O–H groups in total. The van der Waals surface area contributed by atoms with E-state index in [4.69, 9.17) is 9.47 Å². The molecule has 1 unspecified atom stereocenters. The Bertz CT molecular complexity index is 634. The molecule has 0 amide bonds. The lowest BCUT2D eigenvalue weighted by Gasteiger charge is -2.29. The van der Waals surface area contributed by atoms with Gasteiger partial charge >= 0.3 is 0 Å². The Morgan fingerprint density at radius 2 is 1.96 bits per heavy atom. The van der Waals surface area contributed by atoms with Gasteiger partial charge in [-0.05, 0) is 45.2 Å². The van der Waals surface area contributed by atoms with Crippen molar-refractivity contribution in [1.29, 1.82) is 0 Å². The van der Waals surface area contributed by atoms with E-state index in [2.05, 4.69) is 73.3 Å². The first-order valence-electron chi connectivity index (χ1n) is 10.3. The molecule has 6 heteroatoms. The van der Waals surface area contributed by atoms with E-state index >= 15 is 0 Å². The van der Waals surface area contributed by atoms with E-state index in [1.54, 1.807) is 0 Å². The van der Waals surface area contributed by atoms with Gasteiger partial charge in [0, 0.05) is 45.3 Å². The van der Waals surface area contributed by atoms with Crippen molar-refractivity contribution in [3.05, 3.63) is 29.3 Å². The second-order valence-corrected chi connectivity index (χ2v) is 8.65. The fourth-order valence-electron chi connectivity index (χ4n) is 3.19. The zero-order chi connectivity index (χ0) is 20.6. The monoisotopic (exact) mass is 390 g/mol. The van der Waals surface area contributed by atoms with E-state index in [0.717, 1.165) is 56.7 Å². The highest BCUT2D eigenvalue weighted by Crippen LogP contribution is 2.24. The van der Waals surface area contributed by atoms with Crippen LogP contribution < -0.4 is 15.4 Å². The van der Waals surface area contributed by atoms with Crippen molar-refractivity contribution >= 4 is 5.96 Å². The summed E-state index contributed by atoms with van der Waals surface area (Å²) in [5.41, 5.74) is 2.10. The Balaban J connectivity index is 1.84. The number of nitrogens with zero attached hydrogens (tertiary/aromatic N) is 2. The predicted molar refractivity (Wildman–Crippen MR) is 116 cm³/mol. The van der Waals surface area contributed by atoms with Gasteiger partial charge in [0.25, 0.3) is 0 Å². The summed E-state index contributed by atoms with van der Waals surface area (Å²) in [6.07, 6.45) is 0. The van der Waals surface area contributed by atoms with Crippen LogP contribution in [0.25, 0.3) is 0 Å². The molecule has 1 heterocycles. The van der Waals surface area contributed by atoms with Crippen LogP contribution in [0.3, 0.4) is 0 Å². The summed E-state index contributed by atoms with van der Waals surface area (Å²) >= 11 is 0. The normalized spacial score (nSPS) is 17.3. The van der Waals surface area contributed by atoms with Gasteiger partial charge < -0.3 is 20.1 Å². The summed E-state index contributed by atoms with van der Waals surface area (Å²) in [6.45, 7) is 17.0. The van der Waals surface area contributed by atoms with E-state index in [1.807, 2.05) is 7.05 Å². The minimum absolute atomic E-state index is 0.225. The number of morpholine rings is 1. The largest absolute Gasteiger partial charge is 0.488 e. The van der Waals surface area contributed by atoms with Crippen LogP contribution in [0.1, 0.15) is 38.8 Å². The number of hydrogen-bond donors (Lipinski definition) is 2. The second-order valence-electron chi connectivity index (χ2n) is 8.65.